The molecule has 1 amide bonds. The topological polar surface area (TPSA) is 41.6 Å². The highest BCUT2D eigenvalue weighted by Gasteiger charge is 2.40. The molecule has 1 N–H and O–H groups in total. The predicted molar refractivity (Wildman–Crippen MR) is 77.5 cm³/mol. The highest BCUT2D eigenvalue weighted by atomic mass is 19.1. The van der Waals surface area contributed by atoms with E-state index in [1.165, 1.54) is 12.1 Å². The average molecular weight is 288 g/mol. The van der Waals surface area contributed by atoms with Crippen LogP contribution >= 0.6 is 0 Å². The lowest BCUT2D eigenvalue weighted by atomic mass is 10.2. The zero-order valence-corrected chi connectivity index (χ0v) is 11.6. The molecule has 2 fully saturated rings. The van der Waals surface area contributed by atoms with Crippen LogP contribution in [0.25, 0.3) is 0 Å². The number of terminal acetylenes is 1. The van der Waals surface area contributed by atoms with Crippen molar-refractivity contribution in [2.24, 2.45) is 0 Å². The molecule has 0 radical (unpaired) electrons. The molecule has 1 heterocycles. The SMILES string of the molecule is C#CCOc1cc(F)ccc1N[C@@H]1CCN(C2CC2)C1=O. The minimum absolute atomic E-state index is 0.0605. The molecule has 1 atom stereocenters. The minimum atomic E-state index is -0.398. The highest BCUT2D eigenvalue weighted by Crippen LogP contribution is 2.33. The minimum Gasteiger partial charge on any atom is -0.479 e. The molecular weight excluding hydrogens is 271 g/mol. The van der Waals surface area contributed by atoms with Crippen LogP contribution in [0, 0.1) is 18.2 Å². The number of hydrogen-bond acceptors (Lipinski definition) is 3. The number of hydrogen-bond donors (Lipinski definition) is 1. The van der Waals surface area contributed by atoms with Crippen molar-refractivity contribution in [1.82, 2.24) is 4.90 Å². The standard InChI is InChI=1S/C16H17FN2O2/c1-2-9-21-15-10-11(17)3-6-13(15)18-14-7-8-19(16(14)20)12-4-5-12/h1,3,6,10,12,14,18H,4-5,7-9H2/t14-/m1/s1. The van der Waals surface area contributed by atoms with Crippen LogP contribution in [0.4, 0.5) is 10.1 Å². The highest BCUT2D eigenvalue weighted by molar-refractivity contribution is 5.87. The van der Waals surface area contributed by atoms with Crippen molar-refractivity contribution in [2.45, 2.75) is 31.3 Å². The molecule has 1 aliphatic carbocycles. The van der Waals surface area contributed by atoms with Crippen LogP contribution in [-0.2, 0) is 4.79 Å². The Balaban J connectivity index is 1.72. The van der Waals surface area contributed by atoms with E-state index in [1.807, 2.05) is 4.90 Å². The third-order valence-corrected chi connectivity index (χ3v) is 3.81. The molecule has 1 aromatic rings. The van der Waals surface area contributed by atoms with Crippen LogP contribution in [0.15, 0.2) is 18.2 Å². The van der Waals surface area contributed by atoms with Crippen molar-refractivity contribution in [3.8, 4) is 18.1 Å². The summed E-state index contributed by atoms with van der Waals surface area (Å²) in [5, 5.41) is 3.16. The summed E-state index contributed by atoms with van der Waals surface area (Å²) in [5.74, 6) is 2.40. The summed E-state index contributed by atoms with van der Waals surface area (Å²) in [5.41, 5.74) is 0.600. The summed E-state index contributed by atoms with van der Waals surface area (Å²) in [4.78, 5) is 14.2. The first-order chi connectivity index (χ1) is 10.2. The van der Waals surface area contributed by atoms with Gasteiger partial charge in [-0.25, -0.2) is 4.39 Å². The summed E-state index contributed by atoms with van der Waals surface area (Å²) in [6, 6.07) is 4.34. The van der Waals surface area contributed by atoms with Gasteiger partial charge in [0, 0.05) is 18.7 Å². The molecule has 4 nitrogen and oxygen atoms in total. The summed E-state index contributed by atoms with van der Waals surface area (Å²) in [6.45, 7) is 0.841. The van der Waals surface area contributed by atoms with E-state index >= 15 is 0 Å². The van der Waals surface area contributed by atoms with Gasteiger partial charge in [-0.2, -0.15) is 0 Å². The number of benzene rings is 1. The van der Waals surface area contributed by atoms with E-state index in [-0.39, 0.29) is 18.6 Å². The van der Waals surface area contributed by atoms with E-state index < -0.39 is 5.82 Å². The molecule has 1 aromatic carbocycles. The number of ether oxygens (including phenoxy) is 1. The van der Waals surface area contributed by atoms with Crippen molar-refractivity contribution in [3.05, 3.63) is 24.0 Å². The lowest BCUT2D eigenvalue weighted by Gasteiger charge is -2.18. The van der Waals surface area contributed by atoms with Crippen molar-refractivity contribution < 1.29 is 13.9 Å². The molecule has 3 rings (SSSR count). The quantitative estimate of drug-likeness (QED) is 0.843. The van der Waals surface area contributed by atoms with Gasteiger partial charge in [-0.15, -0.1) is 6.42 Å². The number of carbonyl (C=O) groups is 1. The Hall–Kier alpha value is -2.22. The molecule has 0 spiro atoms. The summed E-state index contributed by atoms with van der Waals surface area (Å²) in [6.07, 6.45) is 8.12. The summed E-state index contributed by atoms with van der Waals surface area (Å²) >= 11 is 0. The molecule has 0 bridgehead atoms. The van der Waals surface area contributed by atoms with Gasteiger partial charge in [0.1, 0.15) is 24.2 Å². The number of amides is 1. The van der Waals surface area contributed by atoms with E-state index in [1.54, 1.807) is 6.07 Å². The van der Waals surface area contributed by atoms with Crippen molar-refractivity contribution in [2.75, 3.05) is 18.5 Å². The normalized spacial score (nSPS) is 21.2. The van der Waals surface area contributed by atoms with Crippen molar-refractivity contribution in [3.63, 3.8) is 0 Å². The maximum Gasteiger partial charge on any atom is 0.245 e. The van der Waals surface area contributed by atoms with Crippen LogP contribution in [0.2, 0.25) is 0 Å². The second kappa shape index (κ2) is 5.65. The molecule has 5 heteroatoms. The fourth-order valence-electron chi connectivity index (χ4n) is 2.63. The number of carbonyl (C=O) groups excluding carboxylic acids is 1. The van der Waals surface area contributed by atoms with Crippen LogP contribution in [0.3, 0.4) is 0 Å². The number of likely N-dealkylation sites (tertiary alicyclic amines) is 1. The zero-order valence-electron chi connectivity index (χ0n) is 11.6. The van der Waals surface area contributed by atoms with E-state index in [9.17, 15) is 9.18 Å². The number of anilines is 1. The first kappa shape index (κ1) is 13.7. The van der Waals surface area contributed by atoms with Gasteiger partial charge >= 0.3 is 0 Å². The monoisotopic (exact) mass is 288 g/mol. The van der Waals surface area contributed by atoms with E-state index in [0.29, 0.717) is 17.5 Å². The Morgan fingerprint density at radius 2 is 2.24 bits per heavy atom. The van der Waals surface area contributed by atoms with Gasteiger partial charge in [0.15, 0.2) is 0 Å². The second-order valence-corrected chi connectivity index (χ2v) is 5.38. The molecular formula is C16H17FN2O2. The van der Waals surface area contributed by atoms with Crippen molar-refractivity contribution in [1.29, 1.82) is 0 Å². The van der Waals surface area contributed by atoms with Gasteiger partial charge in [0.05, 0.1) is 5.69 Å². The molecule has 0 aromatic heterocycles. The van der Waals surface area contributed by atoms with Gasteiger partial charge in [-0.05, 0) is 31.4 Å². The van der Waals surface area contributed by atoms with E-state index in [4.69, 9.17) is 11.2 Å². The van der Waals surface area contributed by atoms with Crippen LogP contribution in [0.1, 0.15) is 19.3 Å². The Morgan fingerprint density at radius 1 is 1.43 bits per heavy atom. The third kappa shape index (κ3) is 2.94. The Labute approximate surface area is 123 Å². The van der Waals surface area contributed by atoms with E-state index in [0.717, 1.165) is 25.8 Å². The van der Waals surface area contributed by atoms with Crippen molar-refractivity contribution >= 4 is 11.6 Å². The molecule has 1 aliphatic heterocycles. The predicted octanol–water partition coefficient (Wildman–Crippen LogP) is 2.01. The maximum absolute atomic E-state index is 13.3. The molecule has 21 heavy (non-hydrogen) atoms. The Kier molecular flexibility index (Phi) is 3.70. The van der Waals surface area contributed by atoms with Gasteiger partial charge in [0.25, 0.3) is 0 Å². The third-order valence-electron chi connectivity index (χ3n) is 3.81. The number of nitrogens with zero attached hydrogens (tertiary/aromatic N) is 1. The fraction of sp³-hybridized carbons (Fsp3) is 0.438. The van der Waals surface area contributed by atoms with Gasteiger partial charge in [-0.1, -0.05) is 5.92 Å². The Bertz CT molecular complexity index is 592. The van der Waals surface area contributed by atoms with Gasteiger partial charge in [0.2, 0.25) is 5.91 Å². The molecule has 0 unspecified atom stereocenters. The van der Waals surface area contributed by atoms with Crippen LogP contribution in [-0.4, -0.2) is 36.0 Å². The van der Waals surface area contributed by atoms with Crippen LogP contribution < -0.4 is 10.1 Å². The largest absolute Gasteiger partial charge is 0.479 e. The zero-order chi connectivity index (χ0) is 14.8. The first-order valence-corrected chi connectivity index (χ1v) is 7.12. The fourth-order valence-corrected chi connectivity index (χ4v) is 2.63. The summed E-state index contributed by atoms with van der Waals surface area (Å²) < 4.78 is 18.6. The number of rotatable bonds is 5. The molecule has 110 valence electrons. The first-order valence-electron chi connectivity index (χ1n) is 7.12. The Morgan fingerprint density at radius 3 is 2.95 bits per heavy atom. The number of halogens is 1. The lowest BCUT2D eigenvalue weighted by Crippen LogP contribution is -2.34. The molecule has 1 saturated heterocycles. The van der Waals surface area contributed by atoms with Crippen LogP contribution in [0.5, 0.6) is 5.75 Å². The van der Waals surface area contributed by atoms with Gasteiger partial charge in [-0.3, -0.25) is 4.79 Å². The second-order valence-electron chi connectivity index (χ2n) is 5.38. The molecule has 1 saturated carbocycles. The number of nitrogens with one attached hydrogen (secondary N) is 1. The smallest absolute Gasteiger partial charge is 0.245 e. The molecule has 2 aliphatic rings. The summed E-state index contributed by atoms with van der Waals surface area (Å²) in [7, 11) is 0. The lowest BCUT2D eigenvalue weighted by molar-refractivity contribution is -0.128. The van der Waals surface area contributed by atoms with E-state index in [2.05, 4.69) is 11.2 Å². The maximum atomic E-state index is 13.3. The average Bonchev–Trinajstić information content (AvgIpc) is 3.25. The van der Waals surface area contributed by atoms with Gasteiger partial charge < -0.3 is 15.0 Å².